The van der Waals surface area contributed by atoms with Crippen LogP contribution in [0.5, 0.6) is 0 Å². The summed E-state index contributed by atoms with van der Waals surface area (Å²) in [5.74, 6) is 0. The van der Waals surface area contributed by atoms with Crippen molar-refractivity contribution in [1.82, 2.24) is 0 Å². The van der Waals surface area contributed by atoms with E-state index in [0.717, 1.165) is 5.57 Å². The third kappa shape index (κ3) is 8.96. The van der Waals surface area contributed by atoms with E-state index in [1.165, 1.54) is 0 Å². The van der Waals surface area contributed by atoms with Gasteiger partial charge in [-0.2, -0.15) is 0 Å². The Labute approximate surface area is 87.6 Å². The molecule has 0 aliphatic rings. The van der Waals surface area contributed by atoms with Gasteiger partial charge in [0.05, 0.1) is 14.4 Å². The molecule has 0 aliphatic heterocycles. The van der Waals surface area contributed by atoms with Crippen molar-refractivity contribution in [3.63, 3.8) is 0 Å². The van der Waals surface area contributed by atoms with Gasteiger partial charge in [-0.25, -0.2) is 0 Å². The van der Waals surface area contributed by atoms with E-state index >= 15 is 0 Å². The topological polar surface area (TPSA) is 122 Å². The highest BCUT2D eigenvalue weighted by Gasteiger charge is 2.11. The molecule has 0 aliphatic carbocycles. The van der Waals surface area contributed by atoms with Gasteiger partial charge in [-0.3, -0.25) is 8.88 Å². The van der Waals surface area contributed by atoms with E-state index in [2.05, 4.69) is 15.4 Å². The summed E-state index contributed by atoms with van der Waals surface area (Å²) in [7, 11) is -10.6. The van der Waals surface area contributed by atoms with Crippen LogP contribution in [-0.4, -0.2) is 6.61 Å². The summed E-state index contributed by atoms with van der Waals surface area (Å²) in [5, 5.41) is 0. The van der Waals surface area contributed by atoms with Crippen molar-refractivity contribution in [3.05, 3.63) is 12.2 Å². The van der Waals surface area contributed by atoms with Crippen molar-refractivity contribution < 1.29 is 32.6 Å². The molecule has 90 valence electrons. The molecular weight excluding hydrogens is 246 g/mol. The highest BCUT2D eigenvalue weighted by Crippen LogP contribution is 2.50. The molecule has 0 aromatic carbocycles. The molecule has 0 bridgehead atoms. The summed E-state index contributed by atoms with van der Waals surface area (Å²) < 4.78 is 28.0. The van der Waals surface area contributed by atoms with Gasteiger partial charge in [-0.05, 0) is 12.8 Å². The molecule has 0 N–H and O–H groups in total. The highest BCUT2D eigenvalue weighted by atomic mass is 31.3. The van der Waals surface area contributed by atoms with Crippen molar-refractivity contribution in [1.29, 1.82) is 0 Å². The summed E-state index contributed by atoms with van der Waals surface area (Å²) >= 11 is 0. The fourth-order valence-corrected chi connectivity index (χ4v) is 2.11. The minimum atomic E-state index is -5.58. The average Bonchev–Trinajstić information content (AvgIpc) is 1.98. The Balaban J connectivity index is 4.01. The molecular formula is C6H11O7P2-3. The molecule has 0 saturated heterocycles. The molecule has 0 aromatic heterocycles. The van der Waals surface area contributed by atoms with E-state index < -0.39 is 15.6 Å². The SMILES string of the molecule is C=C(CC)CCOP(=O)([O-])OP(=O)([O-])[O-]. The number of rotatable bonds is 7. The monoisotopic (exact) mass is 257 g/mol. The first-order chi connectivity index (χ1) is 6.66. The lowest BCUT2D eigenvalue weighted by Crippen LogP contribution is -2.19. The Morgan fingerprint density at radius 1 is 1.33 bits per heavy atom. The Morgan fingerprint density at radius 2 is 1.87 bits per heavy atom. The second-order valence-electron chi connectivity index (χ2n) is 2.66. The minimum absolute atomic E-state index is 0.244. The van der Waals surface area contributed by atoms with Crippen molar-refractivity contribution in [2.45, 2.75) is 19.8 Å². The Bertz CT molecular complexity index is 307. The molecule has 0 fully saturated rings. The van der Waals surface area contributed by atoms with Gasteiger partial charge in [-0.15, -0.1) is 0 Å². The number of phosphoric acid groups is 2. The zero-order valence-electron chi connectivity index (χ0n) is 8.08. The van der Waals surface area contributed by atoms with E-state index in [9.17, 15) is 23.8 Å². The summed E-state index contributed by atoms with van der Waals surface area (Å²) in [5.41, 5.74) is 0.738. The van der Waals surface area contributed by atoms with Crippen LogP contribution in [0.25, 0.3) is 0 Å². The van der Waals surface area contributed by atoms with Crippen LogP contribution in [0.3, 0.4) is 0 Å². The van der Waals surface area contributed by atoms with Gasteiger partial charge >= 0.3 is 0 Å². The maximum Gasteiger partial charge on any atom is 0.271 e. The van der Waals surface area contributed by atoms with Crippen LogP contribution in [0.4, 0.5) is 0 Å². The second kappa shape index (κ2) is 5.92. The van der Waals surface area contributed by atoms with Crippen LogP contribution in [-0.2, 0) is 18.0 Å². The molecule has 0 aromatic rings. The largest absolute Gasteiger partial charge is 0.790 e. The molecule has 0 spiro atoms. The van der Waals surface area contributed by atoms with Gasteiger partial charge < -0.3 is 23.8 Å². The molecule has 0 rings (SSSR count). The van der Waals surface area contributed by atoms with Crippen LogP contribution in [0.1, 0.15) is 19.8 Å². The van der Waals surface area contributed by atoms with Gasteiger partial charge in [0.2, 0.25) is 0 Å². The summed E-state index contributed by atoms with van der Waals surface area (Å²) in [6.45, 7) is 5.10. The van der Waals surface area contributed by atoms with Crippen molar-refractivity contribution in [2.24, 2.45) is 0 Å². The highest BCUT2D eigenvalue weighted by molar-refractivity contribution is 7.58. The predicted molar refractivity (Wildman–Crippen MR) is 46.3 cm³/mol. The number of hydrogen-bond donors (Lipinski definition) is 0. The van der Waals surface area contributed by atoms with E-state index in [4.69, 9.17) is 0 Å². The van der Waals surface area contributed by atoms with Crippen LogP contribution >= 0.6 is 15.6 Å². The standard InChI is InChI=1S/C6H14O7P2/c1-3-6(2)4-5-12-15(10,11)13-14(7,8)9/h2-5H2,1H3,(H,10,11)(H2,7,8,9)/p-3. The smallest absolute Gasteiger partial charge is 0.271 e. The lowest BCUT2D eigenvalue weighted by Gasteiger charge is -2.35. The van der Waals surface area contributed by atoms with E-state index in [1.807, 2.05) is 6.92 Å². The molecule has 7 nitrogen and oxygen atoms in total. The molecule has 0 heterocycles. The van der Waals surface area contributed by atoms with Crippen LogP contribution in [0.2, 0.25) is 0 Å². The summed E-state index contributed by atoms with van der Waals surface area (Å²) in [6.07, 6.45) is 0.892. The number of hydrogen-bond acceptors (Lipinski definition) is 7. The molecule has 1 unspecified atom stereocenters. The van der Waals surface area contributed by atoms with Gasteiger partial charge in [-0.1, -0.05) is 19.1 Å². The molecule has 0 amide bonds. The maximum atomic E-state index is 10.7. The summed E-state index contributed by atoms with van der Waals surface area (Å²) in [4.78, 5) is 30.7. The Kier molecular flexibility index (Phi) is 5.92. The second-order valence-corrected chi connectivity index (χ2v) is 5.36. The van der Waals surface area contributed by atoms with Gasteiger partial charge in [0, 0.05) is 0 Å². The van der Waals surface area contributed by atoms with Crippen molar-refractivity contribution in [2.75, 3.05) is 6.61 Å². The third-order valence-electron chi connectivity index (χ3n) is 1.41. The third-order valence-corrected chi connectivity index (χ3v) is 3.50. The molecule has 1 atom stereocenters. The zero-order chi connectivity index (χ0) is 12.1. The lowest BCUT2D eigenvalue weighted by atomic mass is 10.2. The zero-order valence-corrected chi connectivity index (χ0v) is 9.87. The van der Waals surface area contributed by atoms with Crippen molar-refractivity contribution in [3.8, 4) is 0 Å². The molecule has 9 heteroatoms. The molecule has 15 heavy (non-hydrogen) atoms. The Morgan fingerprint density at radius 3 is 2.27 bits per heavy atom. The predicted octanol–water partition coefficient (Wildman–Crippen LogP) is -0.327. The fraction of sp³-hybridized carbons (Fsp3) is 0.667. The normalized spacial score (nSPS) is 16.0. The van der Waals surface area contributed by atoms with Crippen LogP contribution < -0.4 is 14.7 Å². The summed E-state index contributed by atoms with van der Waals surface area (Å²) in [6, 6.07) is 0. The first kappa shape index (κ1) is 15.0. The van der Waals surface area contributed by atoms with Crippen LogP contribution in [0, 0.1) is 0 Å². The van der Waals surface area contributed by atoms with Crippen LogP contribution in [0.15, 0.2) is 12.2 Å². The lowest BCUT2D eigenvalue weighted by molar-refractivity contribution is -0.339. The van der Waals surface area contributed by atoms with E-state index in [-0.39, 0.29) is 13.0 Å². The van der Waals surface area contributed by atoms with Crippen molar-refractivity contribution >= 4 is 15.6 Å². The van der Waals surface area contributed by atoms with Gasteiger partial charge in [0.1, 0.15) is 0 Å². The number of phosphoric ester groups is 1. The maximum absolute atomic E-state index is 10.7. The first-order valence-corrected chi connectivity index (χ1v) is 6.94. The minimum Gasteiger partial charge on any atom is -0.790 e. The fourth-order valence-electron chi connectivity index (χ4n) is 0.625. The quantitative estimate of drug-likeness (QED) is 0.452. The Hall–Kier alpha value is -0.0000000000000000416. The first-order valence-electron chi connectivity index (χ1n) is 4.02. The van der Waals surface area contributed by atoms with E-state index in [0.29, 0.717) is 6.42 Å². The van der Waals surface area contributed by atoms with E-state index in [1.54, 1.807) is 0 Å². The molecule has 0 saturated carbocycles. The molecule has 0 radical (unpaired) electrons. The average molecular weight is 257 g/mol. The van der Waals surface area contributed by atoms with Gasteiger partial charge in [0.15, 0.2) is 0 Å². The van der Waals surface area contributed by atoms with Gasteiger partial charge in [0.25, 0.3) is 7.82 Å².